The van der Waals surface area contributed by atoms with Gasteiger partial charge in [-0.05, 0) is 25.1 Å². The maximum Gasteiger partial charge on any atom is 0.199 e. The molecule has 0 aliphatic heterocycles. The van der Waals surface area contributed by atoms with Crippen molar-refractivity contribution < 1.29 is 9.18 Å². The van der Waals surface area contributed by atoms with Crippen LogP contribution in [0, 0.1) is 12.7 Å². The van der Waals surface area contributed by atoms with Crippen molar-refractivity contribution in [3.63, 3.8) is 0 Å². The number of aryl methyl sites for hydroxylation is 1. The van der Waals surface area contributed by atoms with Crippen molar-refractivity contribution in [2.45, 2.75) is 6.92 Å². The van der Waals surface area contributed by atoms with E-state index in [9.17, 15) is 9.18 Å². The fourth-order valence-corrected chi connectivity index (χ4v) is 1.90. The highest BCUT2D eigenvalue weighted by Crippen LogP contribution is 2.20. The maximum absolute atomic E-state index is 13.6. The fourth-order valence-electron chi connectivity index (χ4n) is 1.54. The summed E-state index contributed by atoms with van der Waals surface area (Å²) in [6.45, 7) is 1.77. The Kier molecular flexibility index (Phi) is 3.11. The van der Waals surface area contributed by atoms with Crippen molar-refractivity contribution in [2.24, 2.45) is 7.05 Å². The van der Waals surface area contributed by atoms with Crippen LogP contribution in [-0.4, -0.2) is 15.6 Å². The minimum atomic E-state index is -0.526. The van der Waals surface area contributed by atoms with Gasteiger partial charge >= 0.3 is 0 Å². The second-order valence-corrected chi connectivity index (χ2v) is 4.64. The molecule has 2 rings (SSSR count). The lowest BCUT2D eigenvalue weighted by Gasteiger charge is -2.03. The van der Waals surface area contributed by atoms with Gasteiger partial charge in [-0.15, -0.1) is 0 Å². The van der Waals surface area contributed by atoms with E-state index in [4.69, 9.17) is 0 Å². The Hall–Kier alpha value is -1.49. The Balaban J connectivity index is 2.51. The van der Waals surface area contributed by atoms with Crippen LogP contribution >= 0.6 is 15.9 Å². The topological polar surface area (TPSA) is 34.9 Å². The third-order valence-electron chi connectivity index (χ3n) is 2.65. The van der Waals surface area contributed by atoms with Gasteiger partial charge in [0.05, 0.1) is 17.3 Å². The summed E-state index contributed by atoms with van der Waals surface area (Å²) in [7, 11) is 1.74. The Labute approximate surface area is 106 Å². The van der Waals surface area contributed by atoms with Gasteiger partial charge < -0.3 is 0 Å². The van der Waals surface area contributed by atoms with Crippen molar-refractivity contribution in [3.8, 4) is 0 Å². The van der Waals surface area contributed by atoms with Crippen LogP contribution in [0.4, 0.5) is 4.39 Å². The third-order valence-corrected chi connectivity index (χ3v) is 3.15. The summed E-state index contributed by atoms with van der Waals surface area (Å²) >= 11 is 3.22. The molecule has 0 aliphatic carbocycles. The largest absolute Gasteiger partial charge is 0.288 e. The molecule has 0 atom stereocenters. The smallest absolute Gasteiger partial charge is 0.199 e. The number of nitrogens with zero attached hydrogens (tertiary/aromatic N) is 2. The Bertz CT molecular complexity index is 592. The van der Waals surface area contributed by atoms with E-state index in [0.29, 0.717) is 10.0 Å². The summed E-state index contributed by atoms with van der Waals surface area (Å²) in [5, 5.41) is 3.98. The molecule has 0 saturated carbocycles. The molecule has 0 N–H and O–H groups in total. The Morgan fingerprint density at radius 1 is 1.41 bits per heavy atom. The molecule has 0 fully saturated rings. The second-order valence-electron chi connectivity index (χ2n) is 3.72. The van der Waals surface area contributed by atoms with Gasteiger partial charge in [-0.1, -0.05) is 15.9 Å². The molecule has 1 aromatic carbocycles. The van der Waals surface area contributed by atoms with E-state index in [1.54, 1.807) is 24.7 Å². The molecule has 17 heavy (non-hydrogen) atoms. The number of hydrogen-bond acceptors (Lipinski definition) is 2. The van der Waals surface area contributed by atoms with Crippen LogP contribution in [-0.2, 0) is 7.05 Å². The van der Waals surface area contributed by atoms with E-state index in [-0.39, 0.29) is 11.3 Å². The number of halogens is 2. The van der Waals surface area contributed by atoms with Crippen molar-refractivity contribution in [1.82, 2.24) is 9.78 Å². The first kappa shape index (κ1) is 12.0. The third kappa shape index (κ3) is 2.15. The zero-order valence-corrected chi connectivity index (χ0v) is 11.0. The van der Waals surface area contributed by atoms with Gasteiger partial charge in [0.1, 0.15) is 5.82 Å². The van der Waals surface area contributed by atoms with Crippen LogP contribution in [0.15, 0.2) is 28.9 Å². The molecule has 0 radical (unpaired) electrons. The van der Waals surface area contributed by atoms with Gasteiger partial charge in [0.2, 0.25) is 0 Å². The first-order valence-corrected chi connectivity index (χ1v) is 5.78. The summed E-state index contributed by atoms with van der Waals surface area (Å²) in [4.78, 5) is 12.1. The van der Waals surface area contributed by atoms with Gasteiger partial charge in [-0.2, -0.15) is 5.10 Å². The standard InChI is InChI=1S/C12H10BrFN2O/c1-7-10(6-15-16(7)2)12(17)9-5-8(13)3-4-11(9)14/h3-6H,1-2H3. The summed E-state index contributed by atoms with van der Waals surface area (Å²) in [6.07, 6.45) is 1.46. The minimum absolute atomic E-state index is 0.0514. The molecule has 0 unspecified atom stereocenters. The highest BCUT2D eigenvalue weighted by atomic mass is 79.9. The van der Waals surface area contributed by atoms with E-state index in [1.807, 2.05) is 0 Å². The molecule has 1 aromatic heterocycles. The lowest BCUT2D eigenvalue weighted by Crippen LogP contribution is -2.06. The zero-order valence-electron chi connectivity index (χ0n) is 9.37. The molecule has 0 aliphatic rings. The molecule has 0 spiro atoms. The van der Waals surface area contributed by atoms with Crippen LogP contribution in [0.2, 0.25) is 0 Å². The van der Waals surface area contributed by atoms with Crippen molar-refractivity contribution >= 4 is 21.7 Å². The molecule has 2 aromatic rings. The maximum atomic E-state index is 13.6. The Morgan fingerprint density at radius 2 is 2.12 bits per heavy atom. The lowest BCUT2D eigenvalue weighted by atomic mass is 10.0. The van der Waals surface area contributed by atoms with Crippen LogP contribution in [0.3, 0.4) is 0 Å². The predicted octanol–water partition coefficient (Wildman–Crippen LogP) is 2.86. The highest BCUT2D eigenvalue weighted by molar-refractivity contribution is 9.10. The summed E-state index contributed by atoms with van der Waals surface area (Å²) < 4.78 is 15.8. The van der Waals surface area contributed by atoms with E-state index < -0.39 is 5.82 Å². The monoisotopic (exact) mass is 296 g/mol. The fraction of sp³-hybridized carbons (Fsp3) is 0.167. The van der Waals surface area contributed by atoms with Gasteiger partial charge in [-0.3, -0.25) is 9.48 Å². The predicted molar refractivity (Wildman–Crippen MR) is 65.5 cm³/mol. The molecular weight excluding hydrogens is 287 g/mol. The summed E-state index contributed by atoms with van der Waals surface area (Å²) in [5.41, 5.74) is 1.19. The highest BCUT2D eigenvalue weighted by Gasteiger charge is 2.18. The van der Waals surface area contributed by atoms with Gasteiger partial charge in [0, 0.05) is 17.2 Å². The molecule has 0 amide bonds. The number of benzene rings is 1. The molecule has 0 bridgehead atoms. The molecular formula is C12H10BrFN2O. The zero-order chi connectivity index (χ0) is 12.6. The number of carbonyl (C=O) groups is 1. The lowest BCUT2D eigenvalue weighted by molar-refractivity contribution is 0.103. The average Bonchev–Trinajstić information content (AvgIpc) is 2.62. The molecule has 3 nitrogen and oxygen atoms in total. The number of rotatable bonds is 2. The first-order chi connectivity index (χ1) is 8.00. The number of aromatic nitrogens is 2. The molecule has 0 saturated heterocycles. The van der Waals surface area contributed by atoms with E-state index >= 15 is 0 Å². The molecule has 88 valence electrons. The van der Waals surface area contributed by atoms with Crippen LogP contribution in [0.25, 0.3) is 0 Å². The Morgan fingerprint density at radius 3 is 2.71 bits per heavy atom. The van der Waals surface area contributed by atoms with Gasteiger partial charge in [-0.25, -0.2) is 4.39 Å². The van der Waals surface area contributed by atoms with Gasteiger partial charge in [0.25, 0.3) is 0 Å². The first-order valence-electron chi connectivity index (χ1n) is 4.99. The summed E-state index contributed by atoms with van der Waals surface area (Å²) in [6, 6.07) is 4.30. The van der Waals surface area contributed by atoms with Crippen molar-refractivity contribution in [3.05, 3.63) is 51.5 Å². The molecule has 5 heteroatoms. The van der Waals surface area contributed by atoms with Crippen LogP contribution in [0.1, 0.15) is 21.6 Å². The number of hydrogen-bond donors (Lipinski definition) is 0. The normalized spacial score (nSPS) is 10.6. The quantitative estimate of drug-likeness (QED) is 0.799. The number of ketones is 1. The van der Waals surface area contributed by atoms with Crippen LogP contribution < -0.4 is 0 Å². The average molecular weight is 297 g/mol. The van der Waals surface area contributed by atoms with Crippen molar-refractivity contribution in [1.29, 1.82) is 0 Å². The minimum Gasteiger partial charge on any atom is -0.288 e. The van der Waals surface area contributed by atoms with Crippen molar-refractivity contribution in [2.75, 3.05) is 0 Å². The van der Waals surface area contributed by atoms with E-state index in [2.05, 4.69) is 21.0 Å². The van der Waals surface area contributed by atoms with E-state index in [0.717, 1.165) is 5.69 Å². The molecule has 1 heterocycles. The van der Waals surface area contributed by atoms with Gasteiger partial charge in [0.15, 0.2) is 5.78 Å². The summed E-state index contributed by atoms with van der Waals surface area (Å²) in [5.74, 6) is -0.879. The SMILES string of the molecule is Cc1c(C(=O)c2cc(Br)ccc2F)cnn1C. The number of carbonyl (C=O) groups excluding carboxylic acids is 1. The van der Waals surface area contributed by atoms with Crippen LogP contribution in [0.5, 0.6) is 0 Å². The second kappa shape index (κ2) is 4.41. The van der Waals surface area contributed by atoms with E-state index in [1.165, 1.54) is 18.3 Å².